The molecule has 1 aromatic carbocycles. The lowest BCUT2D eigenvalue weighted by Crippen LogP contribution is -2.01. The predicted molar refractivity (Wildman–Crippen MR) is 57.6 cm³/mol. The molecule has 0 fully saturated rings. The van der Waals surface area contributed by atoms with E-state index in [1.54, 1.807) is 4.68 Å². The van der Waals surface area contributed by atoms with Crippen molar-refractivity contribution < 1.29 is 0 Å². The monoisotopic (exact) mass is 190 g/mol. The third-order valence-electron chi connectivity index (χ3n) is 2.54. The molecular weight excluding hydrogens is 176 g/mol. The zero-order valence-corrected chi connectivity index (χ0v) is 8.66. The van der Waals surface area contributed by atoms with Gasteiger partial charge in [0.15, 0.2) is 0 Å². The van der Waals surface area contributed by atoms with Crippen molar-refractivity contribution in [3.8, 4) is 0 Å². The van der Waals surface area contributed by atoms with Crippen molar-refractivity contribution in [2.24, 2.45) is 7.05 Å². The Morgan fingerprint density at radius 3 is 2.71 bits per heavy atom. The van der Waals surface area contributed by atoms with Crippen LogP contribution in [0.1, 0.15) is 25.3 Å². The van der Waals surface area contributed by atoms with E-state index in [1.807, 2.05) is 19.2 Å². The summed E-state index contributed by atoms with van der Waals surface area (Å²) in [6, 6.07) is 5.87. The molecule has 0 saturated heterocycles. The molecule has 3 nitrogen and oxygen atoms in total. The zero-order chi connectivity index (χ0) is 10.3. The normalized spacial score (nSPS) is 11.4. The van der Waals surface area contributed by atoms with E-state index in [1.165, 1.54) is 5.56 Å². The molecule has 0 spiro atoms. The predicted octanol–water partition coefficient (Wildman–Crippen LogP) is 1.99. The van der Waals surface area contributed by atoms with Crippen molar-refractivity contribution in [3.05, 3.63) is 34.1 Å². The summed E-state index contributed by atoms with van der Waals surface area (Å²) in [5.41, 5.74) is 2.22. The second-order valence-corrected chi connectivity index (χ2v) is 3.90. The molecule has 0 bridgehead atoms. The minimum Gasteiger partial charge on any atom is -0.287 e. The van der Waals surface area contributed by atoms with Gasteiger partial charge in [0.05, 0.1) is 10.9 Å². The van der Waals surface area contributed by atoms with Gasteiger partial charge >= 0.3 is 0 Å². The number of aromatic amines is 1. The molecule has 3 heteroatoms. The van der Waals surface area contributed by atoms with Crippen molar-refractivity contribution in [3.63, 3.8) is 0 Å². The zero-order valence-electron chi connectivity index (χ0n) is 8.66. The van der Waals surface area contributed by atoms with Crippen LogP contribution in [0.3, 0.4) is 0 Å². The Hall–Kier alpha value is -1.51. The van der Waals surface area contributed by atoms with Crippen molar-refractivity contribution in [2.75, 3.05) is 0 Å². The molecule has 0 amide bonds. The van der Waals surface area contributed by atoms with Gasteiger partial charge in [-0.15, -0.1) is 0 Å². The summed E-state index contributed by atoms with van der Waals surface area (Å²) in [5, 5.41) is 3.55. The molecule has 2 aromatic rings. The van der Waals surface area contributed by atoms with Gasteiger partial charge in [0.1, 0.15) is 0 Å². The first kappa shape index (κ1) is 9.06. The van der Waals surface area contributed by atoms with Crippen molar-refractivity contribution in [2.45, 2.75) is 19.8 Å². The minimum atomic E-state index is -0.00926. The van der Waals surface area contributed by atoms with Gasteiger partial charge < -0.3 is 0 Å². The van der Waals surface area contributed by atoms with Crippen LogP contribution in [-0.4, -0.2) is 9.78 Å². The number of aromatic nitrogens is 2. The molecule has 1 heterocycles. The van der Waals surface area contributed by atoms with Crippen molar-refractivity contribution in [1.29, 1.82) is 0 Å². The Labute approximate surface area is 82.3 Å². The van der Waals surface area contributed by atoms with Crippen LogP contribution in [0.15, 0.2) is 23.0 Å². The Balaban J connectivity index is 2.92. The van der Waals surface area contributed by atoms with E-state index in [0.717, 1.165) is 10.9 Å². The van der Waals surface area contributed by atoms with Crippen molar-refractivity contribution in [1.82, 2.24) is 9.78 Å². The topological polar surface area (TPSA) is 37.8 Å². The second-order valence-electron chi connectivity index (χ2n) is 3.90. The summed E-state index contributed by atoms with van der Waals surface area (Å²) in [6.07, 6.45) is 0. The smallest absolute Gasteiger partial charge is 0.271 e. The van der Waals surface area contributed by atoms with E-state index in [2.05, 4.69) is 25.0 Å². The van der Waals surface area contributed by atoms with E-state index >= 15 is 0 Å². The van der Waals surface area contributed by atoms with Crippen LogP contribution in [0.4, 0.5) is 0 Å². The number of nitrogens with zero attached hydrogens (tertiary/aromatic N) is 1. The average Bonchev–Trinajstić information content (AvgIpc) is 2.43. The second kappa shape index (κ2) is 3.01. The molecule has 2 rings (SSSR count). The van der Waals surface area contributed by atoms with E-state index in [9.17, 15) is 4.79 Å². The summed E-state index contributed by atoms with van der Waals surface area (Å²) < 4.78 is 1.80. The first-order valence-electron chi connectivity index (χ1n) is 4.79. The van der Waals surface area contributed by atoms with E-state index in [0.29, 0.717) is 5.92 Å². The fourth-order valence-electron chi connectivity index (χ4n) is 1.85. The number of aryl methyl sites for hydroxylation is 1. The van der Waals surface area contributed by atoms with Gasteiger partial charge in [0, 0.05) is 7.05 Å². The Kier molecular flexibility index (Phi) is 1.95. The lowest BCUT2D eigenvalue weighted by molar-refractivity contribution is 0.769. The highest BCUT2D eigenvalue weighted by atomic mass is 16.1. The molecule has 1 aromatic heterocycles. The van der Waals surface area contributed by atoms with Gasteiger partial charge in [-0.2, -0.15) is 0 Å². The number of nitrogens with one attached hydrogen (secondary N) is 1. The number of H-pyrrole nitrogens is 1. The Bertz CT molecular complexity index is 520. The molecule has 74 valence electrons. The molecule has 0 aliphatic heterocycles. The van der Waals surface area contributed by atoms with Gasteiger partial charge in [-0.25, -0.2) is 0 Å². The maximum absolute atomic E-state index is 11.5. The number of para-hydroxylation sites is 1. The molecule has 0 saturated carbocycles. The summed E-state index contributed by atoms with van der Waals surface area (Å²) in [6.45, 7) is 4.26. The SMILES string of the molecule is CC(C)c1cccc2c(=O)[nH]n(C)c12. The van der Waals surface area contributed by atoms with Crippen LogP contribution >= 0.6 is 0 Å². The van der Waals surface area contributed by atoms with Gasteiger partial charge in [-0.05, 0) is 17.5 Å². The number of fused-ring (bicyclic) bond motifs is 1. The maximum Gasteiger partial charge on any atom is 0.271 e. The van der Waals surface area contributed by atoms with Gasteiger partial charge in [-0.3, -0.25) is 14.6 Å². The molecule has 0 aliphatic carbocycles. The summed E-state index contributed by atoms with van der Waals surface area (Å²) in [5.74, 6) is 0.431. The molecule has 0 atom stereocenters. The first-order valence-corrected chi connectivity index (χ1v) is 4.79. The average molecular weight is 190 g/mol. The standard InChI is InChI=1S/C11H14N2O/c1-7(2)8-5-4-6-9-10(8)13(3)12-11(9)14/h4-7H,1-3H3,(H,12,14). The maximum atomic E-state index is 11.5. The summed E-state index contributed by atoms with van der Waals surface area (Å²) >= 11 is 0. The fourth-order valence-corrected chi connectivity index (χ4v) is 1.85. The van der Waals surface area contributed by atoms with Crippen LogP contribution in [0.2, 0.25) is 0 Å². The summed E-state index contributed by atoms with van der Waals surface area (Å²) in [7, 11) is 1.87. The highest BCUT2D eigenvalue weighted by Crippen LogP contribution is 2.22. The van der Waals surface area contributed by atoms with Crippen LogP contribution in [0.25, 0.3) is 10.9 Å². The quantitative estimate of drug-likeness (QED) is 0.733. The van der Waals surface area contributed by atoms with Crippen LogP contribution in [0.5, 0.6) is 0 Å². The molecule has 0 aliphatic rings. The van der Waals surface area contributed by atoms with Crippen LogP contribution in [0, 0.1) is 0 Å². The lowest BCUT2D eigenvalue weighted by Gasteiger charge is -2.07. The minimum absolute atomic E-state index is 0.00926. The molecule has 1 N–H and O–H groups in total. The number of hydrogen-bond acceptors (Lipinski definition) is 1. The third kappa shape index (κ3) is 1.16. The van der Waals surface area contributed by atoms with E-state index in [4.69, 9.17) is 0 Å². The third-order valence-corrected chi connectivity index (χ3v) is 2.54. The highest BCUT2D eigenvalue weighted by Gasteiger charge is 2.10. The molecule has 0 unspecified atom stereocenters. The van der Waals surface area contributed by atoms with Crippen LogP contribution < -0.4 is 5.56 Å². The van der Waals surface area contributed by atoms with Crippen LogP contribution in [-0.2, 0) is 7.05 Å². The molecule has 14 heavy (non-hydrogen) atoms. The number of hydrogen-bond donors (Lipinski definition) is 1. The van der Waals surface area contributed by atoms with Gasteiger partial charge in [-0.1, -0.05) is 26.0 Å². The largest absolute Gasteiger partial charge is 0.287 e. The fraction of sp³-hybridized carbons (Fsp3) is 0.364. The first-order chi connectivity index (χ1) is 6.61. The number of rotatable bonds is 1. The molecular formula is C11H14N2O. The highest BCUT2D eigenvalue weighted by molar-refractivity contribution is 5.82. The lowest BCUT2D eigenvalue weighted by atomic mass is 10.0. The summed E-state index contributed by atoms with van der Waals surface area (Å²) in [4.78, 5) is 11.5. The van der Waals surface area contributed by atoms with Crippen molar-refractivity contribution >= 4 is 10.9 Å². The van der Waals surface area contributed by atoms with E-state index in [-0.39, 0.29) is 5.56 Å². The Morgan fingerprint density at radius 2 is 2.07 bits per heavy atom. The van der Waals surface area contributed by atoms with E-state index < -0.39 is 0 Å². The Morgan fingerprint density at radius 1 is 1.36 bits per heavy atom. The van der Waals surface area contributed by atoms with Gasteiger partial charge in [0.2, 0.25) is 0 Å². The van der Waals surface area contributed by atoms with Gasteiger partial charge in [0.25, 0.3) is 5.56 Å². The molecule has 0 radical (unpaired) electrons. The number of benzene rings is 1.